The molecule has 1 aromatic rings. The Balaban J connectivity index is 2.71. The van der Waals surface area contributed by atoms with Crippen LogP contribution in [0.15, 0.2) is 23.1 Å². The second-order valence-electron chi connectivity index (χ2n) is 4.92. The molecule has 0 heterocycles. The Bertz CT molecular complexity index is 621. The normalized spacial score (nSPS) is 12.9. The number of amides is 1. The van der Waals surface area contributed by atoms with E-state index in [-0.39, 0.29) is 20.8 Å². The maximum absolute atomic E-state index is 12.3. The number of carbonyl (C=O) groups excluding carboxylic acids is 1. The second-order valence-corrected chi connectivity index (χ2v) is 7.44. The molecule has 0 aliphatic heterocycles. The molecular weight excluding hydrogens is 347 g/mol. The van der Waals surface area contributed by atoms with Crippen LogP contribution in [0.3, 0.4) is 0 Å². The smallest absolute Gasteiger partial charge is 0.242 e. The average molecular weight is 367 g/mol. The summed E-state index contributed by atoms with van der Waals surface area (Å²) >= 11 is 11.7. The standard InChI is InChI=1S/C14H20Cl2N2O3S/c1-3-4-5-8-17-14(19)10(2)18-22(20,21)13-9-11(15)6-7-12(13)16/h6-7,9-10,18H,3-5,8H2,1-2H3,(H,17,19)/t10-/m1/s1. The van der Waals surface area contributed by atoms with Crippen molar-refractivity contribution in [1.82, 2.24) is 10.0 Å². The van der Waals surface area contributed by atoms with Gasteiger partial charge in [0, 0.05) is 11.6 Å². The largest absolute Gasteiger partial charge is 0.355 e. The highest BCUT2D eigenvalue weighted by Crippen LogP contribution is 2.24. The molecule has 124 valence electrons. The van der Waals surface area contributed by atoms with Crippen molar-refractivity contribution in [2.75, 3.05) is 6.54 Å². The summed E-state index contributed by atoms with van der Waals surface area (Å²) in [6.07, 6.45) is 2.92. The van der Waals surface area contributed by atoms with Crippen LogP contribution >= 0.6 is 23.2 Å². The Hall–Kier alpha value is -0.820. The van der Waals surface area contributed by atoms with Crippen LogP contribution in [0.5, 0.6) is 0 Å². The van der Waals surface area contributed by atoms with E-state index in [2.05, 4.69) is 17.0 Å². The molecule has 22 heavy (non-hydrogen) atoms. The first kappa shape index (κ1) is 19.2. The van der Waals surface area contributed by atoms with Gasteiger partial charge in [0.1, 0.15) is 4.90 Å². The molecular formula is C14H20Cl2N2O3S. The van der Waals surface area contributed by atoms with Gasteiger partial charge in [-0.2, -0.15) is 4.72 Å². The number of nitrogens with one attached hydrogen (secondary N) is 2. The third-order valence-corrected chi connectivity index (χ3v) is 5.24. The van der Waals surface area contributed by atoms with Gasteiger partial charge in [-0.25, -0.2) is 8.42 Å². The SMILES string of the molecule is CCCCCNC(=O)[C@@H](C)NS(=O)(=O)c1cc(Cl)ccc1Cl. The first-order valence-electron chi connectivity index (χ1n) is 7.03. The lowest BCUT2D eigenvalue weighted by atomic mass is 10.2. The lowest BCUT2D eigenvalue weighted by Crippen LogP contribution is -2.45. The van der Waals surface area contributed by atoms with Gasteiger partial charge in [0.2, 0.25) is 15.9 Å². The molecule has 0 unspecified atom stereocenters. The molecule has 2 N–H and O–H groups in total. The van der Waals surface area contributed by atoms with E-state index in [9.17, 15) is 13.2 Å². The van der Waals surface area contributed by atoms with Gasteiger partial charge >= 0.3 is 0 Å². The number of benzene rings is 1. The average Bonchev–Trinajstić information content (AvgIpc) is 2.45. The van der Waals surface area contributed by atoms with Crippen LogP contribution in [0.1, 0.15) is 33.1 Å². The van der Waals surface area contributed by atoms with E-state index in [0.29, 0.717) is 6.54 Å². The molecule has 0 bridgehead atoms. The predicted octanol–water partition coefficient (Wildman–Crippen LogP) is 2.97. The first-order chi connectivity index (χ1) is 10.3. The maximum Gasteiger partial charge on any atom is 0.242 e. The molecule has 0 aliphatic carbocycles. The highest BCUT2D eigenvalue weighted by molar-refractivity contribution is 7.89. The molecule has 1 aromatic carbocycles. The molecule has 0 radical (unpaired) electrons. The van der Waals surface area contributed by atoms with E-state index >= 15 is 0 Å². The first-order valence-corrected chi connectivity index (χ1v) is 9.27. The van der Waals surface area contributed by atoms with Gasteiger partial charge in [0.15, 0.2) is 0 Å². The molecule has 0 saturated carbocycles. The van der Waals surface area contributed by atoms with E-state index in [0.717, 1.165) is 19.3 Å². The van der Waals surface area contributed by atoms with E-state index in [1.54, 1.807) is 0 Å². The van der Waals surface area contributed by atoms with Crippen molar-refractivity contribution in [2.45, 2.75) is 44.0 Å². The zero-order valence-electron chi connectivity index (χ0n) is 12.5. The van der Waals surface area contributed by atoms with Crippen LogP contribution in [0, 0.1) is 0 Å². The highest BCUT2D eigenvalue weighted by Gasteiger charge is 2.24. The Morgan fingerprint density at radius 2 is 1.95 bits per heavy atom. The quantitative estimate of drug-likeness (QED) is 0.694. The fourth-order valence-electron chi connectivity index (χ4n) is 1.77. The Kier molecular flexibility index (Phi) is 7.62. The fourth-order valence-corrected chi connectivity index (χ4v) is 3.74. The van der Waals surface area contributed by atoms with Crippen molar-refractivity contribution in [3.63, 3.8) is 0 Å². The van der Waals surface area contributed by atoms with Crippen LogP contribution < -0.4 is 10.0 Å². The number of hydrogen-bond acceptors (Lipinski definition) is 3. The lowest BCUT2D eigenvalue weighted by Gasteiger charge is -2.15. The highest BCUT2D eigenvalue weighted by atomic mass is 35.5. The molecule has 0 aromatic heterocycles. The maximum atomic E-state index is 12.3. The molecule has 0 fully saturated rings. The summed E-state index contributed by atoms with van der Waals surface area (Å²) in [6, 6.07) is 3.24. The summed E-state index contributed by atoms with van der Waals surface area (Å²) in [4.78, 5) is 11.7. The van der Waals surface area contributed by atoms with E-state index < -0.39 is 16.1 Å². The van der Waals surface area contributed by atoms with E-state index in [1.165, 1.54) is 25.1 Å². The van der Waals surface area contributed by atoms with Crippen LogP contribution in [0.4, 0.5) is 0 Å². The van der Waals surface area contributed by atoms with Gasteiger partial charge < -0.3 is 5.32 Å². The molecule has 0 aliphatic rings. The number of unbranched alkanes of at least 4 members (excludes halogenated alkanes) is 2. The molecule has 8 heteroatoms. The third-order valence-electron chi connectivity index (χ3n) is 2.99. The second kappa shape index (κ2) is 8.72. The van der Waals surface area contributed by atoms with Crippen LogP contribution in [0.2, 0.25) is 10.0 Å². The van der Waals surface area contributed by atoms with Crippen molar-refractivity contribution in [2.24, 2.45) is 0 Å². The van der Waals surface area contributed by atoms with Crippen molar-refractivity contribution < 1.29 is 13.2 Å². The Labute approximate surface area is 141 Å². The van der Waals surface area contributed by atoms with Crippen LogP contribution in [0.25, 0.3) is 0 Å². The number of carbonyl (C=O) groups is 1. The van der Waals surface area contributed by atoms with Gasteiger partial charge in [-0.3, -0.25) is 4.79 Å². The minimum absolute atomic E-state index is 0.0486. The van der Waals surface area contributed by atoms with Gasteiger partial charge in [-0.1, -0.05) is 43.0 Å². The zero-order valence-corrected chi connectivity index (χ0v) is 14.9. The lowest BCUT2D eigenvalue weighted by molar-refractivity contribution is -0.122. The molecule has 0 spiro atoms. The summed E-state index contributed by atoms with van der Waals surface area (Å²) < 4.78 is 26.8. The monoisotopic (exact) mass is 366 g/mol. The van der Waals surface area contributed by atoms with Crippen molar-refractivity contribution in [1.29, 1.82) is 0 Å². The summed E-state index contributed by atoms with van der Waals surface area (Å²) in [5.74, 6) is -0.377. The number of sulfonamides is 1. The summed E-state index contributed by atoms with van der Waals surface area (Å²) in [5, 5.41) is 2.99. The molecule has 1 atom stereocenters. The predicted molar refractivity (Wildman–Crippen MR) is 88.8 cm³/mol. The van der Waals surface area contributed by atoms with Gasteiger partial charge in [-0.05, 0) is 31.5 Å². The molecule has 0 saturated heterocycles. The number of rotatable bonds is 8. The minimum atomic E-state index is -3.92. The summed E-state index contributed by atoms with van der Waals surface area (Å²) in [5.41, 5.74) is 0. The van der Waals surface area contributed by atoms with Crippen molar-refractivity contribution in [3.8, 4) is 0 Å². The fraction of sp³-hybridized carbons (Fsp3) is 0.500. The van der Waals surface area contributed by atoms with Gasteiger partial charge in [-0.15, -0.1) is 0 Å². The molecule has 1 amide bonds. The van der Waals surface area contributed by atoms with Crippen LogP contribution in [-0.2, 0) is 14.8 Å². The third kappa shape index (κ3) is 5.76. The van der Waals surface area contributed by atoms with Gasteiger partial charge in [0.25, 0.3) is 0 Å². The van der Waals surface area contributed by atoms with Gasteiger partial charge in [0.05, 0.1) is 11.1 Å². The Morgan fingerprint density at radius 1 is 1.27 bits per heavy atom. The number of hydrogen-bond donors (Lipinski definition) is 2. The topological polar surface area (TPSA) is 75.3 Å². The van der Waals surface area contributed by atoms with Crippen molar-refractivity contribution in [3.05, 3.63) is 28.2 Å². The van der Waals surface area contributed by atoms with E-state index in [1.807, 2.05) is 0 Å². The Morgan fingerprint density at radius 3 is 2.59 bits per heavy atom. The zero-order chi connectivity index (χ0) is 16.8. The van der Waals surface area contributed by atoms with Crippen LogP contribution in [-0.4, -0.2) is 26.9 Å². The molecule has 1 rings (SSSR count). The van der Waals surface area contributed by atoms with Crippen molar-refractivity contribution >= 4 is 39.1 Å². The minimum Gasteiger partial charge on any atom is -0.355 e. The molecule has 5 nitrogen and oxygen atoms in total. The number of halogens is 2. The van der Waals surface area contributed by atoms with E-state index in [4.69, 9.17) is 23.2 Å². The summed E-state index contributed by atoms with van der Waals surface area (Å²) in [6.45, 7) is 4.06. The summed E-state index contributed by atoms with van der Waals surface area (Å²) in [7, 11) is -3.92.